The van der Waals surface area contributed by atoms with Gasteiger partial charge in [-0.1, -0.05) is 49.4 Å². The lowest BCUT2D eigenvalue weighted by Crippen LogP contribution is -2.40. The van der Waals surface area contributed by atoms with Crippen LogP contribution in [0.15, 0.2) is 58.9 Å². The predicted octanol–water partition coefficient (Wildman–Crippen LogP) is 3.31. The third-order valence-corrected chi connectivity index (χ3v) is 5.00. The van der Waals surface area contributed by atoms with Crippen LogP contribution >= 0.6 is 0 Å². The quantitative estimate of drug-likeness (QED) is 0.796. The SMILES string of the molecule is CCc1ccc(N2C(=O)[C@@H]3N=NN(c4ccccc4CC)[C@H]3C2=O)cc1. The summed E-state index contributed by atoms with van der Waals surface area (Å²) in [5.74, 6) is -0.593. The van der Waals surface area contributed by atoms with Gasteiger partial charge in [-0.3, -0.25) is 9.59 Å². The fraction of sp³-hybridized carbons (Fsp3) is 0.300. The van der Waals surface area contributed by atoms with E-state index in [9.17, 15) is 9.59 Å². The van der Waals surface area contributed by atoms with E-state index in [-0.39, 0.29) is 11.8 Å². The minimum absolute atomic E-state index is 0.278. The molecular weight excluding hydrogens is 328 g/mol. The molecule has 1 saturated heterocycles. The van der Waals surface area contributed by atoms with Crippen molar-refractivity contribution in [2.45, 2.75) is 38.8 Å². The highest BCUT2D eigenvalue weighted by molar-refractivity contribution is 6.26. The predicted molar refractivity (Wildman–Crippen MR) is 99.0 cm³/mol. The van der Waals surface area contributed by atoms with E-state index in [1.54, 1.807) is 5.01 Å². The Labute approximate surface area is 152 Å². The molecule has 2 aromatic rings. The van der Waals surface area contributed by atoms with E-state index in [1.807, 2.05) is 55.5 Å². The second kappa shape index (κ2) is 6.37. The van der Waals surface area contributed by atoms with E-state index in [4.69, 9.17) is 0 Å². The van der Waals surface area contributed by atoms with Crippen LogP contribution in [0.1, 0.15) is 25.0 Å². The lowest BCUT2D eigenvalue weighted by atomic mass is 10.1. The number of carbonyl (C=O) groups excluding carboxylic acids is 2. The van der Waals surface area contributed by atoms with E-state index in [0.717, 1.165) is 29.7 Å². The van der Waals surface area contributed by atoms with Gasteiger partial charge in [0, 0.05) is 0 Å². The maximum atomic E-state index is 13.1. The van der Waals surface area contributed by atoms with Crippen LogP contribution in [0.4, 0.5) is 11.4 Å². The Balaban J connectivity index is 1.69. The topological polar surface area (TPSA) is 65.3 Å². The molecule has 2 heterocycles. The minimum Gasteiger partial charge on any atom is -0.271 e. The second-order valence-corrected chi connectivity index (χ2v) is 6.45. The van der Waals surface area contributed by atoms with Crippen molar-refractivity contribution in [3.63, 3.8) is 0 Å². The molecule has 0 aliphatic carbocycles. The van der Waals surface area contributed by atoms with E-state index < -0.39 is 12.1 Å². The lowest BCUT2D eigenvalue weighted by Gasteiger charge is -2.22. The second-order valence-electron chi connectivity index (χ2n) is 6.45. The molecule has 0 unspecified atom stereocenters. The lowest BCUT2D eigenvalue weighted by molar-refractivity contribution is -0.121. The highest BCUT2D eigenvalue weighted by Gasteiger charge is 2.55. The van der Waals surface area contributed by atoms with Gasteiger partial charge in [0.1, 0.15) is 0 Å². The van der Waals surface area contributed by atoms with Gasteiger partial charge in [-0.15, -0.1) is 0 Å². The van der Waals surface area contributed by atoms with Crippen molar-refractivity contribution in [1.29, 1.82) is 0 Å². The fourth-order valence-corrected chi connectivity index (χ4v) is 3.53. The molecule has 0 spiro atoms. The number of amides is 2. The van der Waals surface area contributed by atoms with Gasteiger partial charge >= 0.3 is 0 Å². The van der Waals surface area contributed by atoms with E-state index in [2.05, 4.69) is 17.3 Å². The number of carbonyl (C=O) groups is 2. The van der Waals surface area contributed by atoms with Crippen LogP contribution in [-0.2, 0) is 22.4 Å². The first-order valence-electron chi connectivity index (χ1n) is 8.90. The number of anilines is 2. The van der Waals surface area contributed by atoms with E-state index >= 15 is 0 Å². The van der Waals surface area contributed by atoms with Gasteiger partial charge < -0.3 is 0 Å². The van der Waals surface area contributed by atoms with Gasteiger partial charge in [-0.2, -0.15) is 5.11 Å². The normalized spacial score (nSPS) is 21.6. The van der Waals surface area contributed by atoms with Crippen LogP contribution < -0.4 is 9.91 Å². The zero-order valence-corrected chi connectivity index (χ0v) is 14.8. The average molecular weight is 348 g/mol. The molecule has 2 aliphatic heterocycles. The Morgan fingerprint density at radius 3 is 2.35 bits per heavy atom. The molecule has 1 fully saturated rings. The Kier molecular flexibility index (Phi) is 4.03. The molecule has 0 radical (unpaired) electrons. The standard InChI is InChI=1S/C20H20N4O2/c1-3-13-9-11-15(12-10-13)23-19(25)17-18(20(23)26)24(22-21-17)16-8-6-5-7-14(16)4-2/h5-12,17-18H,3-4H2,1-2H3/t17-,18-/m1/s1. The molecule has 2 aliphatic rings. The van der Waals surface area contributed by atoms with Gasteiger partial charge in [-0.05, 0) is 42.2 Å². The summed E-state index contributed by atoms with van der Waals surface area (Å²) in [4.78, 5) is 27.1. The van der Waals surface area contributed by atoms with Crippen molar-refractivity contribution < 1.29 is 9.59 Å². The highest BCUT2D eigenvalue weighted by Crippen LogP contribution is 2.36. The first-order valence-corrected chi connectivity index (χ1v) is 8.90. The Bertz CT molecular complexity index is 891. The number of nitrogens with zero attached hydrogens (tertiary/aromatic N) is 4. The summed E-state index contributed by atoms with van der Waals surface area (Å²) in [5.41, 5.74) is 3.64. The molecule has 0 bridgehead atoms. The summed E-state index contributed by atoms with van der Waals surface area (Å²) in [6, 6.07) is 13.8. The number of imide groups is 1. The number of aryl methyl sites for hydroxylation is 2. The molecule has 26 heavy (non-hydrogen) atoms. The number of hydrogen-bond acceptors (Lipinski definition) is 5. The van der Waals surface area contributed by atoms with Crippen LogP contribution in [0.5, 0.6) is 0 Å². The van der Waals surface area contributed by atoms with Crippen LogP contribution in [0, 0.1) is 0 Å². The molecular formula is C20H20N4O2. The van der Waals surface area contributed by atoms with Crippen LogP contribution in [0.25, 0.3) is 0 Å². The molecule has 6 nitrogen and oxygen atoms in total. The summed E-state index contributed by atoms with van der Waals surface area (Å²) >= 11 is 0. The molecule has 2 atom stereocenters. The van der Waals surface area contributed by atoms with E-state index in [1.165, 1.54) is 4.90 Å². The zero-order valence-electron chi connectivity index (χ0n) is 14.8. The van der Waals surface area contributed by atoms with Crippen LogP contribution in [0.3, 0.4) is 0 Å². The monoisotopic (exact) mass is 348 g/mol. The molecule has 2 amide bonds. The number of fused-ring (bicyclic) bond motifs is 1. The number of rotatable bonds is 4. The van der Waals surface area contributed by atoms with Gasteiger partial charge in [-0.25, -0.2) is 9.91 Å². The summed E-state index contributed by atoms with van der Waals surface area (Å²) in [6.07, 6.45) is 1.72. The van der Waals surface area contributed by atoms with Crippen molar-refractivity contribution in [2.75, 3.05) is 9.91 Å². The smallest absolute Gasteiger partial charge is 0.263 e. The molecule has 2 aromatic carbocycles. The maximum absolute atomic E-state index is 13.1. The van der Waals surface area contributed by atoms with Gasteiger partial charge in [0.05, 0.1) is 11.4 Å². The molecule has 0 aromatic heterocycles. The van der Waals surface area contributed by atoms with Crippen molar-refractivity contribution >= 4 is 23.2 Å². The summed E-state index contributed by atoms with van der Waals surface area (Å²) in [5, 5.41) is 9.86. The van der Waals surface area contributed by atoms with Crippen LogP contribution in [0.2, 0.25) is 0 Å². The number of para-hydroxylation sites is 1. The Morgan fingerprint density at radius 2 is 1.65 bits per heavy atom. The minimum atomic E-state index is -0.779. The van der Waals surface area contributed by atoms with Gasteiger partial charge in [0.25, 0.3) is 11.8 Å². The third kappa shape index (κ3) is 2.41. The number of hydrogen-bond donors (Lipinski definition) is 0. The summed E-state index contributed by atoms with van der Waals surface area (Å²) in [7, 11) is 0. The van der Waals surface area contributed by atoms with E-state index in [0.29, 0.717) is 5.69 Å². The highest BCUT2D eigenvalue weighted by atomic mass is 16.2. The summed E-state index contributed by atoms with van der Waals surface area (Å²) in [6.45, 7) is 4.11. The summed E-state index contributed by atoms with van der Waals surface area (Å²) < 4.78 is 0. The van der Waals surface area contributed by atoms with Gasteiger partial charge in [0.2, 0.25) is 0 Å². The number of benzene rings is 2. The average Bonchev–Trinajstić information content (AvgIpc) is 3.22. The first kappa shape index (κ1) is 16.4. The van der Waals surface area contributed by atoms with Crippen LogP contribution in [-0.4, -0.2) is 23.9 Å². The molecule has 0 N–H and O–H groups in total. The Morgan fingerprint density at radius 1 is 0.923 bits per heavy atom. The molecule has 4 rings (SSSR count). The molecule has 132 valence electrons. The van der Waals surface area contributed by atoms with Crippen molar-refractivity contribution in [2.24, 2.45) is 10.3 Å². The molecule has 6 heteroatoms. The van der Waals surface area contributed by atoms with Gasteiger partial charge in [0.15, 0.2) is 12.1 Å². The Hall–Kier alpha value is -3.02. The largest absolute Gasteiger partial charge is 0.271 e. The third-order valence-electron chi connectivity index (χ3n) is 5.00. The zero-order chi connectivity index (χ0) is 18.3. The maximum Gasteiger partial charge on any atom is 0.263 e. The first-order chi connectivity index (χ1) is 12.7. The van der Waals surface area contributed by atoms with Crippen molar-refractivity contribution in [3.8, 4) is 0 Å². The van der Waals surface area contributed by atoms with Crippen molar-refractivity contribution in [3.05, 3.63) is 59.7 Å². The fourth-order valence-electron chi connectivity index (χ4n) is 3.53. The molecule has 0 saturated carbocycles. The van der Waals surface area contributed by atoms with Crippen molar-refractivity contribution in [1.82, 2.24) is 0 Å².